The van der Waals surface area contributed by atoms with E-state index in [1.807, 2.05) is 0 Å². The van der Waals surface area contributed by atoms with Crippen LogP contribution in [0, 0.1) is 0 Å². The molecule has 0 saturated carbocycles. The molecule has 5 N–H and O–H groups in total. The van der Waals surface area contributed by atoms with Crippen molar-refractivity contribution in [3.63, 3.8) is 0 Å². The monoisotopic (exact) mass is 202 g/mol. The van der Waals surface area contributed by atoms with Gasteiger partial charge in [-0.3, -0.25) is 0 Å². The second-order valence-electron chi connectivity index (χ2n) is 0.513. The second-order valence-corrected chi connectivity index (χ2v) is 1.54. The van der Waals surface area contributed by atoms with Crippen LogP contribution in [0.1, 0.15) is 0 Å². The molecule has 0 radical (unpaired) electrons. The third-order valence-corrected chi connectivity index (χ3v) is 0. The van der Waals surface area contributed by atoms with Crippen molar-refractivity contribution in [2.75, 3.05) is 0 Å². The minimum absolute atomic E-state index is 0. The molecule has 0 aromatic rings. The van der Waals surface area contributed by atoms with E-state index in [1.54, 1.807) is 0 Å². The van der Waals surface area contributed by atoms with Crippen LogP contribution in [0.15, 0.2) is 0 Å². The molecule has 0 unspecified atom stereocenters. The molecule has 0 aromatic heterocycles. The van der Waals surface area contributed by atoms with Gasteiger partial charge in [0.25, 0.3) is 0 Å². The Balaban J connectivity index is -0.0000000133. The Kier molecular flexibility index (Phi) is 42.8. The first-order valence-electron chi connectivity index (χ1n) is 0.783. The van der Waals surface area contributed by atoms with Crippen LogP contribution < -0.4 is 0 Å². The van der Waals surface area contributed by atoms with Crippen LogP contribution in [0.4, 0.5) is 0 Å². The summed E-state index contributed by atoms with van der Waals surface area (Å²) >= 11 is 0. The number of hydrogen-bond donors (Lipinski definition) is 3. The van der Waals surface area contributed by atoms with Gasteiger partial charge < -0.3 is 20.2 Å². The van der Waals surface area contributed by atoms with Crippen LogP contribution in [0.5, 0.6) is 0 Å². The summed E-state index contributed by atoms with van der Waals surface area (Å²) in [6.45, 7) is 0. The second kappa shape index (κ2) is 12.5. The summed E-state index contributed by atoms with van der Waals surface area (Å²) in [5.41, 5.74) is 0. The zero-order valence-electron chi connectivity index (χ0n) is 2.70. The van der Waals surface area contributed by atoms with Crippen molar-refractivity contribution in [2.45, 2.75) is 0 Å². The fourth-order valence-corrected chi connectivity index (χ4v) is 0. The summed E-state index contributed by atoms with van der Waals surface area (Å²) in [5.74, 6) is 0. The van der Waals surface area contributed by atoms with E-state index in [0.717, 1.165) is 0 Å². The van der Waals surface area contributed by atoms with Gasteiger partial charge in [-0.2, -0.15) is 0 Å². The third-order valence-electron chi connectivity index (χ3n) is 0. The standard InChI is InChI=1S/Al.Na.H3O4P.H2O.H4Si.4H/c;;1-5(2,3)4;;;;;;/h;;(H3,1,2,3,4);1H2;1H4;;;;. The van der Waals surface area contributed by atoms with E-state index < -0.39 is 7.82 Å². The average Bonchev–Trinajstić information content (AvgIpc) is 0.722. The molecule has 0 aromatic carbocycles. The van der Waals surface area contributed by atoms with Gasteiger partial charge in [0.2, 0.25) is 0 Å². The number of rotatable bonds is 0. The molecule has 56 valence electrons. The molecular formula is H13AlNaO5PSi. The van der Waals surface area contributed by atoms with Crippen LogP contribution in [0.2, 0.25) is 0 Å². The normalized spacial score (nSPS) is 6.56. The molecule has 9 heteroatoms. The van der Waals surface area contributed by atoms with Crippen LogP contribution in [-0.4, -0.2) is 78.0 Å². The molecule has 9 heavy (non-hydrogen) atoms. The van der Waals surface area contributed by atoms with Crippen LogP contribution in [-0.2, 0) is 4.57 Å². The molecule has 0 amide bonds. The molecule has 0 bridgehead atoms. The van der Waals surface area contributed by atoms with Crippen molar-refractivity contribution >= 4 is 65.7 Å². The first-order chi connectivity index (χ1) is 2.00. The average molecular weight is 202 g/mol. The Morgan fingerprint density at radius 1 is 1.11 bits per heavy atom. The van der Waals surface area contributed by atoms with E-state index >= 15 is 0 Å². The molecule has 0 heterocycles. The summed E-state index contributed by atoms with van der Waals surface area (Å²) in [5, 5.41) is 0. The quantitative estimate of drug-likeness (QED) is 0.270. The molecule has 0 spiro atoms. The van der Waals surface area contributed by atoms with Crippen LogP contribution in [0.25, 0.3) is 0 Å². The Bertz CT molecular complexity index is 63.1. The summed E-state index contributed by atoms with van der Waals surface area (Å²) < 4.78 is 8.88. The fraction of sp³-hybridized carbons (Fsp3) is 0. The predicted molar refractivity (Wildman–Crippen MR) is 46.3 cm³/mol. The topological polar surface area (TPSA) is 109 Å². The molecule has 0 saturated heterocycles. The van der Waals surface area contributed by atoms with Gasteiger partial charge in [-0.1, -0.05) is 0 Å². The van der Waals surface area contributed by atoms with Gasteiger partial charge in [0, 0.05) is 0 Å². The largest absolute Gasteiger partial charge is 0.0149 e. The molecule has 0 aliphatic heterocycles. The van der Waals surface area contributed by atoms with Gasteiger partial charge in [0.05, 0.1) is 0 Å². The van der Waals surface area contributed by atoms with Gasteiger partial charge in [0.15, 0.2) is 17.4 Å². The number of hydrogen-bond acceptors (Lipinski definition) is 1. The summed E-state index contributed by atoms with van der Waals surface area (Å²) in [6.07, 6.45) is 0. The van der Waals surface area contributed by atoms with Crippen molar-refractivity contribution in [3.05, 3.63) is 0 Å². The SMILES string of the molecule is O.O=P(O)(O)O.[AlH3].[NaH].[SiH4]. The number of phosphoric acid groups is 1. The van der Waals surface area contributed by atoms with Crippen molar-refractivity contribution in [1.29, 1.82) is 0 Å². The third kappa shape index (κ3) is 181. The van der Waals surface area contributed by atoms with Gasteiger partial charge in [-0.05, 0) is 11.0 Å². The fourth-order valence-electron chi connectivity index (χ4n) is 0. The Hall–Kier alpha value is 1.82. The smallest absolute Gasteiger partial charge is 0.0149 e. The maximum absolute atomic E-state index is 8.88. The van der Waals surface area contributed by atoms with Gasteiger partial charge in [-0.15, -0.1) is 0 Å². The molecule has 0 atom stereocenters. The molecule has 0 rings (SSSR count). The van der Waals surface area contributed by atoms with Crippen molar-refractivity contribution < 1.29 is 24.7 Å². The molecular weight excluding hydrogens is 189 g/mol. The Morgan fingerprint density at radius 2 is 1.11 bits per heavy atom. The zero-order valence-corrected chi connectivity index (χ0v) is 3.59. The van der Waals surface area contributed by atoms with Gasteiger partial charge in [0.1, 0.15) is 0 Å². The van der Waals surface area contributed by atoms with Gasteiger partial charge >= 0.3 is 37.4 Å². The van der Waals surface area contributed by atoms with Crippen molar-refractivity contribution in [2.24, 2.45) is 0 Å². The van der Waals surface area contributed by atoms with Crippen LogP contribution >= 0.6 is 7.82 Å². The maximum Gasteiger partial charge on any atom is -0.0149 e. The van der Waals surface area contributed by atoms with Crippen molar-refractivity contribution in [1.82, 2.24) is 0 Å². The molecule has 5 nitrogen and oxygen atoms in total. The van der Waals surface area contributed by atoms with E-state index in [-0.39, 0.29) is 63.4 Å². The summed E-state index contributed by atoms with van der Waals surface area (Å²) in [6, 6.07) is 0. The minimum Gasteiger partial charge on any atom is -0.0149 e. The van der Waals surface area contributed by atoms with E-state index in [0.29, 0.717) is 0 Å². The van der Waals surface area contributed by atoms with Crippen LogP contribution in [0.3, 0.4) is 0 Å². The first kappa shape index (κ1) is 30.8. The maximum atomic E-state index is 8.88. The molecule has 0 aliphatic rings. The zero-order chi connectivity index (χ0) is 4.50. The minimum atomic E-state index is -4.64. The van der Waals surface area contributed by atoms with E-state index in [9.17, 15) is 0 Å². The van der Waals surface area contributed by atoms with E-state index in [2.05, 4.69) is 0 Å². The van der Waals surface area contributed by atoms with Crippen molar-refractivity contribution in [3.8, 4) is 0 Å². The summed E-state index contributed by atoms with van der Waals surface area (Å²) in [7, 11) is -4.64. The van der Waals surface area contributed by atoms with E-state index in [4.69, 9.17) is 19.2 Å². The molecule has 0 aliphatic carbocycles. The Labute approximate surface area is 89.8 Å². The molecule has 0 fully saturated rings. The first-order valence-corrected chi connectivity index (χ1v) is 2.35. The Morgan fingerprint density at radius 3 is 1.11 bits per heavy atom. The van der Waals surface area contributed by atoms with E-state index in [1.165, 1.54) is 0 Å². The predicted octanol–water partition coefficient (Wildman–Crippen LogP) is -5.04. The van der Waals surface area contributed by atoms with Gasteiger partial charge in [-0.25, -0.2) is 4.57 Å². The summed E-state index contributed by atoms with van der Waals surface area (Å²) in [4.78, 5) is 21.6.